The first kappa shape index (κ1) is 48.2. The molecule has 0 fully saturated rings. The van der Waals surface area contributed by atoms with Gasteiger partial charge < -0.3 is 44.7 Å². The van der Waals surface area contributed by atoms with E-state index in [0.29, 0.717) is 52.4 Å². The fourth-order valence-corrected chi connectivity index (χ4v) is 13.3. The quantitative estimate of drug-likeness (QED) is 0.0485. The van der Waals surface area contributed by atoms with Gasteiger partial charge in [0.25, 0.3) is 5.01 Å². The maximum absolute atomic E-state index is 12.5. The molecule has 0 radical (unpaired) electrons. The van der Waals surface area contributed by atoms with Gasteiger partial charge in [-0.15, -0.1) is 11.8 Å². The number of para-hydroxylation sites is 2. The van der Waals surface area contributed by atoms with Gasteiger partial charge in [-0.3, -0.25) is 9.59 Å². The summed E-state index contributed by atoms with van der Waals surface area (Å²) in [6.45, 7) is 6.28. The molecular weight excluding hydrogens is 941 g/mol. The van der Waals surface area contributed by atoms with Crippen LogP contribution in [0.15, 0.2) is 120 Å². The number of nitrogens with zero attached hydrogens (tertiary/aromatic N) is 3. The Morgan fingerprint density at radius 1 is 0.681 bits per heavy atom. The molecule has 0 saturated carbocycles. The van der Waals surface area contributed by atoms with Crippen LogP contribution in [0, 0.1) is 0 Å². The van der Waals surface area contributed by atoms with Gasteiger partial charge in [0.2, 0.25) is 17.3 Å². The molecule has 4 aromatic carbocycles. The molecule has 0 bridgehead atoms. The molecule has 2 unspecified atom stereocenters. The van der Waals surface area contributed by atoms with Gasteiger partial charge in [-0.1, -0.05) is 60.6 Å². The zero-order valence-electron chi connectivity index (χ0n) is 41.0. The predicted octanol–water partition coefficient (Wildman–Crippen LogP) is 10.1. The third-order valence-electron chi connectivity index (χ3n) is 14.5. The third kappa shape index (κ3) is 10.6. The molecule has 3 N–H and O–H groups in total. The molecule has 0 saturated heterocycles. The second kappa shape index (κ2) is 22.8. The standard InChI is InChI=1S/C58H64N6O6S2/c65-53(21-3-1-9-30-62-32-24-40-42-39-71-51-19-7-5-13-43(51)59-27-23-47(42)69-48-17-11-15-45(62)55(40)48)60-28-35-67-37-38-68-36-29-61-54(66)22-4-2-10-31-63-33-25-41-56-46(63)16-12-18-49(56)70-50-26-34-64-44-14-6-8-20-52(44)72-58(64)57(41)50/h5-8,11-20,24-25,32-33,47,50,59H,1-4,9-10,21-23,26-31,34-39H2,(H-,60,61,65,66)/p+1. The van der Waals surface area contributed by atoms with Gasteiger partial charge in [-0.05, 0) is 91.4 Å². The Kier molecular flexibility index (Phi) is 15.3. The fraction of sp³-hybridized carbons (Fsp3) is 0.397. The van der Waals surface area contributed by atoms with Crippen molar-refractivity contribution >= 4 is 78.9 Å². The molecule has 0 aliphatic carbocycles. The van der Waals surface area contributed by atoms with Crippen molar-refractivity contribution in [1.29, 1.82) is 0 Å². The molecule has 12 nitrogen and oxygen atoms in total. The van der Waals surface area contributed by atoms with E-state index in [0.717, 1.165) is 94.8 Å². The number of aryl methyl sites for hydroxylation is 1. The van der Waals surface area contributed by atoms with Crippen LogP contribution in [0.5, 0.6) is 11.5 Å². The third-order valence-corrected chi connectivity index (χ3v) is 16.8. The summed E-state index contributed by atoms with van der Waals surface area (Å²) in [7, 11) is 0. The van der Waals surface area contributed by atoms with E-state index < -0.39 is 0 Å². The number of fused-ring (bicyclic) bond motifs is 7. The van der Waals surface area contributed by atoms with Gasteiger partial charge in [0, 0.05) is 110 Å². The first-order valence-electron chi connectivity index (χ1n) is 26.1. The monoisotopic (exact) mass is 1010 g/mol. The van der Waals surface area contributed by atoms with Gasteiger partial charge in [-0.2, -0.15) is 4.57 Å². The van der Waals surface area contributed by atoms with E-state index in [9.17, 15) is 9.59 Å². The largest absolute Gasteiger partial charge is 0.485 e. The average molecular weight is 1010 g/mol. The highest BCUT2D eigenvalue weighted by molar-refractivity contribution is 7.99. The number of amides is 2. The number of hydrogen-bond acceptors (Lipinski definition) is 11. The zero-order valence-corrected chi connectivity index (χ0v) is 42.6. The highest BCUT2D eigenvalue weighted by Crippen LogP contribution is 2.51. The van der Waals surface area contributed by atoms with Gasteiger partial charge in [0.1, 0.15) is 28.4 Å². The first-order chi connectivity index (χ1) is 35.6. The number of thiazole rings is 1. The average Bonchev–Trinajstić information content (AvgIpc) is 3.82. The van der Waals surface area contributed by atoms with E-state index in [1.807, 2.05) is 23.1 Å². The fourth-order valence-electron chi connectivity index (χ4n) is 10.9. The SMILES string of the molecule is O=C(CCCCCN1C=CC2=C3CSc4ccccc4NCCC3Oc3cccc1c32)NCCOCCOCCNC(=O)CCCCCN1C=CC2=C3c4sc5ccccc5[n+]4CCC3Oc3cccc1c32. The summed E-state index contributed by atoms with van der Waals surface area (Å²) in [5.74, 6) is 2.95. The van der Waals surface area contributed by atoms with Gasteiger partial charge >= 0.3 is 0 Å². The number of hydrogen-bond donors (Lipinski definition) is 3. The van der Waals surface area contributed by atoms with Crippen molar-refractivity contribution in [3.63, 3.8) is 0 Å². The highest BCUT2D eigenvalue weighted by atomic mass is 32.2. The minimum Gasteiger partial charge on any atom is -0.485 e. The smallest absolute Gasteiger partial charge is 0.270 e. The molecule has 7 heterocycles. The topological polar surface area (TPSA) is 118 Å². The number of carbonyl (C=O) groups excluding carboxylic acids is 2. The van der Waals surface area contributed by atoms with Crippen LogP contribution < -0.4 is 39.8 Å². The summed E-state index contributed by atoms with van der Waals surface area (Å²) < 4.78 is 28.5. The number of thioether (sulfide) groups is 1. The number of unbranched alkanes of at least 4 members (excludes halogenated alkanes) is 4. The van der Waals surface area contributed by atoms with Crippen LogP contribution in [0.4, 0.5) is 17.1 Å². The summed E-state index contributed by atoms with van der Waals surface area (Å²) in [4.78, 5) is 31.0. The van der Waals surface area contributed by atoms with E-state index in [2.05, 4.69) is 140 Å². The Hall–Kier alpha value is -6.06. The van der Waals surface area contributed by atoms with Gasteiger partial charge in [0.15, 0.2) is 6.54 Å². The lowest BCUT2D eigenvalue weighted by molar-refractivity contribution is -0.673. The predicted molar refractivity (Wildman–Crippen MR) is 290 cm³/mol. The lowest BCUT2D eigenvalue weighted by Gasteiger charge is -2.36. The van der Waals surface area contributed by atoms with Crippen molar-refractivity contribution in [3.8, 4) is 11.5 Å². The number of carbonyl (C=O) groups is 2. The molecule has 2 amide bonds. The normalized spacial score (nSPS) is 18.0. The number of benzene rings is 4. The van der Waals surface area contributed by atoms with Crippen molar-refractivity contribution < 1.29 is 33.1 Å². The number of nitrogens with one attached hydrogen (secondary N) is 3. The highest BCUT2D eigenvalue weighted by Gasteiger charge is 2.42. The number of rotatable bonds is 21. The molecule has 72 heavy (non-hydrogen) atoms. The van der Waals surface area contributed by atoms with Crippen molar-refractivity contribution in [2.75, 3.05) is 80.0 Å². The van der Waals surface area contributed by atoms with Gasteiger partial charge in [-0.25, -0.2) is 0 Å². The van der Waals surface area contributed by atoms with Crippen molar-refractivity contribution in [1.82, 2.24) is 10.6 Å². The molecule has 6 aliphatic heterocycles. The molecule has 6 aliphatic rings. The molecule has 5 aromatic rings. The lowest BCUT2D eigenvalue weighted by Crippen LogP contribution is -2.45. The van der Waals surface area contributed by atoms with Crippen molar-refractivity contribution in [3.05, 3.63) is 131 Å². The summed E-state index contributed by atoms with van der Waals surface area (Å²) in [5, 5.41) is 10.9. The molecule has 374 valence electrons. The second-order valence-electron chi connectivity index (χ2n) is 19.2. The summed E-state index contributed by atoms with van der Waals surface area (Å²) >= 11 is 3.75. The summed E-state index contributed by atoms with van der Waals surface area (Å²) in [6.07, 6.45) is 17.6. The van der Waals surface area contributed by atoms with E-state index in [1.54, 1.807) is 0 Å². The van der Waals surface area contributed by atoms with E-state index >= 15 is 0 Å². The van der Waals surface area contributed by atoms with Crippen LogP contribution in [-0.2, 0) is 25.6 Å². The van der Waals surface area contributed by atoms with Crippen LogP contribution in [-0.4, -0.2) is 88.9 Å². The van der Waals surface area contributed by atoms with Gasteiger partial charge in [0.05, 0.1) is 43.4 Å². The minimum absolute atomic E-state index is 0.0544. The van der Waals surface area contributed by atoms with Crippen molar-refractivity contribution in [2.45, 2.75) is 87.9 Å². The minimum atomic E-state index is 0.0544. The number of ether oxygens (including phenoxy) is 4. The molecule has 14 heteroatoms. The van der Waals surface area contributed by atoms with E-state index in [-0.39, 0.29) is 24.0 Å². The summed E-state index contributed by atoms with van der Waals surface area (Å²) in [6, 6.07) is 30.1. The van der Waals surface area contributed by atoms with Crippen LogP contribution in [0.2, 0.25) is 0 Å². The summed E-state index contributed by atoms with van der Waals surface area (Å²) in [5.41, 5.74) is 12.6. The number of allylic oxidation sites excluding steroid dienone is 4. The Bertz CT molecular complexity index is 2930. The zero-order chi connectivity index (χ0) is 48.6. The maximum Gasteiger partial charge on any atom is 0.270 e. The Balaban J connectivity index is 0.520. The molecule has 0 spiro atoms. The Morgan fingerprint density at radius 2 is 1.32 bits per heavy atom. The Morgan fingerprint density at radius 3 is 2.04 bits per heavy atom. The Labute approximate surface area is 431 Å². The molecule has 11 rings (SSSR count). The van der Waals surface area contributed by atoms with Crippen LogP contribution in [0.1, 0.15) is 80.3 Å². The van der Waals surface area contributed by atoms with Crippen LogP contribution >= 0.6 is 23.1 Å². The van der Waals surface area contributed by atoms with E-state index in [1.165, 1.54) is 70.6 Å². The van der Waals surface area contributed by atoms with Crippen LogP contribution in [0.3, 0.4) is 0 Å². The maximum atomic E-state index is 12.5. The lowest BCUT2D eigenvalue weighted by atomic mass is 9.87. The number of anilines is 3. The molecule has 1 aromatic heterocycles. The van der Waals surface area contributed by atoms with Crippen LogP contribution in [0.25, 0.3) is 26.9 Å². The second-order valence-corrected chi connectivity index (χ2v) is 21.2. The number of aromatic nitrogens is 1. The first-order valence-corrected chi connectivity index (χ1v) is 27.9. The molecular formula is C58H65N6O6S2+. The molecule has 2 atom stereocenters. The van der Waals surface area contributed by atoms with Crippen molar-refractivity contribution in [2.24, 2.45) is 0 Å². The van der Waals surface area contributed by atoms with E-state index in [4.69, 9.17) is 18.9 Å².